The summed E-state index contributed by atoms with van der Waals surface area (Å²) in [6.07, 6.45) is -0.420. The van der Waals surface area contributed by atoms with Gasteiger partial charge < -0.3 is 9.47 Å². The van der Waals surface area contributed by atoms with E-state index in [1.54, 1.807) is 0 Å². The predicted octanol–water partition coefficient (Wildman–Crippen LogP) is 3.97. The molecule has 0 saturated heterocycles. The summed E-state index contributed by atoms with van der Waals surface area (Å²) < 4.78 is 11.2. The molecule has 0 aromatic heterocycles. The van der Waals surface area contributed by atoms with Crippen molar-refractivity contribution in [3.8, 4) is 0 Å². The standard InChI is InChI=1S/C19H19NO3S/c1-13-8-10-16(11-9-13)24-18(21)17-14(2)20-19(23-17)22-12-15-6-4-3-5-7-15/h3-11,14,17H,12H2,1-2H3/t14-,17-/m0/s1. The first-order valence-electron chi connectivity index (χ1n) is 7.81. The monoisotopic (exact) mass is 341 g/mol. The SMILES string of the molecule is Cc1ccc(SC(=O)[C@H]2OC(OCc3ccccc3)=N[C@H]2C)cc1. The molecule has 0 fully saturated rings. The van der Waals surface area contributed by atoms with E-state index in [9.17, 15) is 4.79 Å². The fourth-order valence-electron chi connectivity index (χ4n) is 2.29. The van der Waals surface area contributed by atoms with Crippen LogP contribution >= 0.6 is 11.8 Å². The summed E-state index contributed by atoms with van der Waals surface area (Å²) in [6.45, 7) is 4.25. The van der Waals surface area contributed by atoms with Crippen LogP contribution in [0.4, 0.5) is 0 Å². The summed E-state index contributed by atoms with van der Waals surface area (Å²) in [7, 11) is 0. The minimum atomic E-state index is -0.609. The largest absolute Gasteiger partial charge is 0.446 e. The molecule has 1 aliphatic rings. The van der Waals surface area contributed by atoms with Crippen molar-refractivity contribution in [3.63, 3.8) is 0 Å². The average Bonchev–Trinajstić information content (AvgIpc) is 2.97. The van der Waals surface area contributed by atoms with Crippen LogP contribution in [0.2, 0.25) is 0 Å². The van der Waals surface area contributed by atoms with E-state index < -0.39 is 6.10 Å². The van der Waals surface area contributed by atoms with Crippen LogP contribution in [0.5, 0.6) is 0 Å². The zero-order valence-corrected chi connectivity index (χ0v) is 14.5. The maximum Gasteiger partial charge on any atom is 0.385 e. The molecule has 0 spiro atoms. The molecule has 1 aliphatic heterocycles. The predicted molar refractivity (Wildman–Crippen MR) is 95.0 cm³/mol. The van der Waals surface area contributed by atoms with Gasteiger partial charge in [0.25, 0.3) is 0 Å². The molecule has 3 rings (SSSR count). The number of carbonyl (C=O) groups is 1. The molecule has 1 heterocycles. The zero-order valence-electron chi connectivity index (χ0n) is 13.6. The molecule has 0 aliphatic carbocycles. The van der Waals surface area contributed by atoms with Gasteiger partial charge in [-0.05, 0) is 43.3 Å². The Morgan fingerprint density at radius 3 is 2.58 bits per heavy atom. The van der Waals surface area contributed by atoms with Gasteiger partial charge in [-0.3, -0.25) is 4.79 Å². The lowest BCUT2D eigenvalue weighted by Gasteiger charge is -2.13. The van der Waals surface area contributed by atoms with E-state index in [-0.39, 0.29) is 17.2 Å². The smallest absolute Gasteiger partial charge is 0.385 e. The lowest BCUT2D eigenvalue weighted by atomic mass is 10.2. The van der Waals surface area contributed by atoms with Crippen LogP contribution in [-0.2, 0) is 20.9 Å². The van der Waals surface area contributed by atoms with Gasteiger partial charge >= 0.3 is 6.08 Å². The van der Waals surface area contributed by atoms with E-state index in [2.05, 4.69) is 4.99 Å². The highest BCUT2D eigenvalue weighted by Crippen LogP contribution is 2.26. The summed E-state index contributed by atoms with van der Waals surface area (Å²) in [5.41, 5.74) is 2.19. The van der Waals surface area contributed by atoms with E-state index in [0.717, 1.165) is 16.0 Å². The lowest BCUT2D eigenvalue weighted by Crippen LogP contribution is -2.28. The number of hydrogen-bond acceptors (Lipinski definition) is 5. The third kappa shape index (κ3) is 4.17. The normalized spacial score (nSPS) is 19.5. The molecule has 2 aromatic rings. The third-order valence-electron chi connectivity index (χ3n) is 3.65. The molecule has 4 nitrogen and oxygen atoms in total. The van der Waals surface area contributed by atoms with Gasteiger partial charge in [-0.2, -0.15) is 0 Å². The summed E-state index contributed by atoms with van der Waals surface area (Å²) in [5, 5.41) is -0.0617. The Balaban J connectivity index is 1.54. The fourth-order valence-corrected chi connectivity index (χ4v) is 3.15. The van der Waals surface area contributed by atoms with Crippen LogP contribution in [0, 0.1) is 6.92 Å². The number of aliphatic imine (C=N–C) groups is 1. The molecule has 0 N–H and O–H groups in total. The van der Waals surface area contributed by atoms with Crippen molar-refractivity contribution in [2.75, 3.05) is 0 Å². The number of ether oxygens (including phenoxy) is 2. The number of carbonyl (C=O) groups excluding carboxylic acids is 1. The van der Waals surface area contributed by atoms with Gasteiger partial charge in [-0.25, -0.2) is 4.99 Å². The molecule has 5 heteroatoms. The number of thioether (sulfide) groups is 1. The summed E-state index contributed by atoms with van der Waals surface area (Å²) in [4.78, 5) is 17.6. The quantitative estimate of drug-likeness (QED) is 0.790. The van der Waals surface area contributed by atoms with E-state index in [1.807, 2.05) is 68.4 Å². The summed E-state index contributed by atoms with van der Waals surface area (Å²) in [6, 6.07) is 17.4. The first-order valence-corrected chi connectivity index (χ1v) is 8.63. The van der Waals surface area contributed by atoms with Gasteiger partial charge in [0.15, 0.2) is 6.10 Å². The minimum absolute atomic E-state index is 0.0617. The maximum absolute atomic E-state index is 12.4. The van der Waals surface area contributed by atoms with Gasteiger partial charge in [-0.15, -0.1) is 0 Å². The van der Waals surface area contributed by atoms with Gasteiger partial charge in [0.1, 0.15) is 6.61 Å². The minimum Gasteiger partial charge on any atom is -0.446 e. The van der Waals surface area contributed by atoms with Gasteiger partial charge in [0.05, 0.1) is 6.04 Å². The second-order valence-corrected chi connectivity index (χ2v) is 6.76. The first kappa shape index (κ1) is 16.6. The molecule has 0 amide bonds. The first-order chi connectivity index (χ1) is 11.6. The zero-order chi connectivity index (χ0) is 16.9. The van der Waals surface area contributed by atoms with Crippen molar-refractivity contribution >= 4 is 23.0 Å². The Bertz CT molecular complexity index is 728. The molecule has 0 bridgehead atoms. The average molecular weight is 341 g/mol. The molecule has 0 radical (unpaired) electrons. The third-order valence-corrected chi connectivity index (χ3v) is 4.59. The van der Waals surface area contributed by atoms with Crippen molar-refractivity contribution < 1.29 is 14.3 Å². The fraction of sp³-hybridized carbons (Fsp3) is 0.263. The van der Waals surface area contributed by atoms with Crippen LogP contribution in [0.1, 0.15) is 18.1 Å². The van der Waals surface area contributed by atoms with Crippen LogP contribution in [0.25, 0.3) is 0 Å². The van der Waals surface area contributed by atoms with Gasteiger partial charge in [0.2, 0.25) is 5.12 Å². The Labute approximate surface area is 145 Å². The van der Waals surface area contributed by atoms with Crippen LogP contribution in [0.15, 0.2) is 64.5 Å². The van der Waals surface area contributed by atoms with E-state index in [1.165, 1.54) is 11.8 Å². The molecular formula is C19H19NO3S. The van der Waals surface area contributed by atoms with Crippen molar-refractivity contribution in [3.05, 3.63) is 65.7 Å². The Morgan fingerprint density at radius 2 is 1.88 bits per heavy atom. The lowest BCUT2D eigenvalue weighted by molar-refractivity contribution is -0.118. The van der Waals surface area contributed by atoms with Crippen LogP contribution in [-0.4, -0.2) is 23.3 Å². The van der Waals surface area contributed by atoms with Gasteiger partial charge in [0, 0.05) is 4.90 Å². The molecule has 0 saturated carbocycles. The number of hydrogen-bond donors (Lipinski definition) is 0. The van der Waals surface area contributed by atoms with Gasteiger partial charge in [-0.1, -0.05) is 48.0 Å². The Kier molecular flexibility index (Phi) is 5.20. The Hall–Kier alpha value is -2.27. The van der Waals surface area contributed by atoms with Crippen molar-refractivity contribution in [1.82, 2.24) is 0 Å². The molecule has 124 valence electrons. The molecule has 0 unspecified atom stereocenters. The summed E-state index contributed by atoms with van der Waals surface area (Å²) in [5.74, 6) is 0. The summed E-state index contributed by atoms with van der Waals surface area (Å²) >= 11 is 1.18. The highest BCUT2D eigenvalue weighted by molar-refractivity contribution is 8.13. The number of nitrogens with zero attached hydrogens (tertiary/aromatic N) is 1. The van der Waals surface area contributed by atoms with E-state index in [4.69, 9.17) is 9.47 Å². The maximum atomic E-state index is 12.4. The molecule has 2 atom stereocenters. The number of benzene rings is 2. The van der Waals surface area contributed by atoms with E-state index >= 15 is 0 Å². The van der Waals surface area contributed by atoms with E-state index in [0.29, 0.717) is 6.61 Å². The highest BCUT2D eigenvalue weighted by atomic mass is 32.2. The molecule has 24 heavy (non-hydrogen) atoms. The number of aryl methyl sites for hydroxylation is 1. The van der Waals surface area contributed by atoms with Crippen LogP contribution in [0.3, 0.4) is 0 Å². The van der Waals surface area contributed by atoms with Crippen molar-refractivity contribution in [2.24, 2.45) is 4.99 Å². The van der Waals surface area contributed by atoms with Crippen LogP contribution < -0.4 is 0 Å². The highest BCUT2D eigenvalue weighted by Gasteiger charge is 2.35. The second-order valence-electron chi connectivity index (χ2n) is 5.68. The van der Waals surface area contributed by atoms with Crippen molar-refractivity contribution in [2.45, 2.75) is 37.5 Å². The molecule has 2 aromatic carbocycles. The topological polar surface area (TPSA) is 47.9 Å². The molecular weight excluding hydrogens is 322 g/mol. The van der Waals surface area contributed by atoms with Crippen molar-refractivity contribution in [1.29, 1.82) is 0 Å². The number of rotatable bonds is 4. The second kappa shape index (κ2) is 7.53. The Morgan fingerprint density at radius 1 is 1.17 bits per heavy atom.